The van der Waals surface area contributed by atoms with Gasteiger partial charge in [0, 0.05) is 51.5 Å². The minimum absolute atomic E-state index is 0.00742. The molecule has 1 aliphatic rings. The summed E-state index contributed by atoms with van der Waals surface area (Å²) in [6, 6.07) is 69.3. The molecule has 0 aliphatic carbocycles. The van der Waals surface area contributed by atoms with E-state index in [2.05, 4.69) is 157 Å². The van der Waals surface area contributed by atoms with Gasteiger partial charge in [0.15, 0.2) is 0 Å². The molecule has 62 heavy (non-hydrogen) atoms. The predicted molar refractivity (Wildman–Crippen MR) is 258 cm³/mol. The highest BCUT2D eigenvalue weighted by Gasteiger charge is 2.31. The Hall–Kier alpha value is -7.89. The number of pyridine rings is 1. The highest BCUT2D eigenvalue weighted by Crippen LogP contribution is 2.50. The Bertz CT molecular complexity index is 3290. The second-order valence-corrected chi connectivity index (χ2v) is 16.0. The number of benzene rings is 8. The quantitative estimate of drug-likeness (QED) is 0.146. The van der Waals surface area contributed by atoms with Gasteiger partial charge in [0.1, 0.15) is 24.0 Å². The molecule has 0 atom stereocenters. The summed E-state index contributed by atoms with van der Waals surface area (Å²) < 4.78 is 27.7. The van der Waals surface area contributed by atoms with E-state index >= 15 is 0 Å². The monoisotopic (exact) mass is 802 g/mol. The Labute approximate surface area is 365 Å². The molecule has 1 aliphatic heterocycles. The standard InChI is InChI=1S/C57H44N4O/c1-39(2)50-36-56(58-37-51(50)42-22-10-5-11-23-42)61-52-29-13-12-26-48(52)49-33-32-45(35-55(49)61)62-44-25-16-24-43(34-44)59-38-60(54-31-15-14-30-53(54)59)57-46(40-18-6-3-7-19-40)27-17-28-47(57)41-20-8-4-9-21-41/h3-37,39H,38H2,1-2H3/i36D,37D. The van der Waals surface area contributed by atoms with Crippen LogP contribution in [0.2, 0.25) is 0 Å². The van der Waals surface area contributed by atoms with Crippen LogP contribution in [0.3, 0.4) is 0 Å². The van der Waals surface area contributed by atoms with Crippen molar-refractivity contribution in [1.29, 1.82) is 0 Å². The van der Waals surface area contributed by atoms with E-state index < -0.39 is 0 Å². The Kier molecular flexibility index (Phi) is 8.79. The highest BCUT2D eigenvalue weighted by molar-refractivity contribution is 6.09. The van der Waals surface area contributed by atoms with Crippen LogP contribution in [-0.2, 0) is 0 Å². The van der Waals surface area contributed by atoms with Crippen LogP contribution in [0.25, 0.3) is 61.0 Å². The van der Waals surface area contributed by atoms with Crippen molar-refractivity contribution < 1.29 is 7.48 Å². The summed E-state index contributed by atoms with van der Waals surface area (Å²) in [5, 5.41) is 2.06. The molecule has 0 spiro atoms. The summed E-state index contributed by atoms with van der Waals surface area (Å²) >= 11 is 0. The molecule has 8 aromatic carbocycles. The van der Waals surface area contributed by atoms with Gasteiger partial charge in [0.05, 0.1) is 30.8 Å². The van der Waals surface area contributed by atoms with Crippen LogP contribution < -0.4 is 14.5 Å². The van der Waals surface area contributed by atoms with Gasteiger partial charge in [-0.1, -0.05) is 159 Å². The Morgan fingerprint density at radius 1 is 0.516 bits per heavy atom. The lowest BCUT2D eigenvalue weighted by atomic mass is 9.94. The van der Waals surface area contributed by atoms with Gasteiger partial charge >= 0.3 is 0 Å². The van der Waals surface area contributed by atoms with Gasteiger partial charge in [-0.25, -0.2) is 4.98 Å². The maximum absolute atomic E-state index is 9.65. The van der Waals surface area contributed by atoms with Crippen LogP contribution in [0, 0.1) is 0 Å². The van der Waals surface area contributed by atoms with Crippen molar-refractivity contribution >= 4 is 44.6 Å². The van der Waals surface area contributed by atoms with Crippen LogP contribution in [-0.4, -0.2) is 16.2 Å². The molecule has 10 aromatic rings. The molecule has 3 heterocycles. The van der Waals surface area contributed by atoms with Crippen LogP contribution in [0.15, 0.2) is 212 Å². The fraction of sp³-hybridized carbons (Fsp3) is 0.0702. The fourth-order valence-corrected chi connectivity index (χ4v) is 9.00. The lowest BCUT2D eigenvalue weighted by Gasteiger charge is -2.27. The number of nitrogens with zero attached hydrogens (tertiary/aromatic N) is 4. The maximum Gasteiger partial charge on any atom is 0.137 e. The first-order valence-electron chi connectivity index (χ1n) is 22.2. The topological polar surface area (TPSA) is 33.5 Å². The Morgan fingerprint density at radius 3 is 1.76 bits per heavy atom. The molecule has 298 valence electrons. The number of hydrogen-bond donors (Lipinski definition) is 0. The number of rotatable bonds is 9. The number of aromatic nitrogens is 2. The van der Waals surface area contributed by atoms with Crippen molar-refractivity contribution in [2.45, 2.75) is 19.8 Å². The molecule has 5 nitrogen and oxygen atoms in total. The molecule has 0 saturated heterocycles. The molecule has 11 rings (SSSR count). The Morgan fingerprint density at radius 2 is 1.08 bits per heavy atom. The molecule has 0 bridgehead atoms. The highest BCUT2D eigenvalue weighted by atomic mass is 16.5. The number of fused-ring (bicyclic) bond motifs is 4. The van der Waals surface area contributed by atoms with Crippen molar-refractivity contribution in [2.24, 2.45) is 0 Å². The average molecular weight is 803 g/mol. The van der Waals surface area contributed by atoms with E-state index in [1.54, 1.807) is 0 Å². The van der Waals surface area contributed by atoms with Gasteiger partial charge in [-0.2, -0.15) is 0 Å². The van der Waals surface area contributed by atoms with E-state index in [0.29, 0.717) is 35.6 Å². The summed E-state index contributed by atoms with van der Waals surface area (Å²) in [6.07, 6.45) is 0.151. The van der Waals surface area contributed by atoms with Crippen molar-refractivity contribution in [2.75, 3.05) is 16.5 Å². The minimum Gasteiger partial charge on any atom is -0.457 e. The van der Waals surface area contributed by atoms with E-state index in [0.717, 1.165) is 66.8 Å². The van der Waals surface area contributed by atoms with Crippen LogP contribution in [0.5, 0.6) is 11.5 Å². The normalized spacial score (nSPS) is 12.8. The largest absolute Gasteiger partial charge is 0.457 e. The molecule has 0 amide bonds. The zero-order valence-corrected chi connectivity index (χ0v) is 34.5. The van der Waals surface area contributed by atoms with Crippen molar-refractivity contribution in [3.05, 3.63) is 218 Å². The van der Waals surface area contributed by atoms with Gasteiger partial charge in [-0.05, 0) is 76.7 Å². The van der Waals surface area contributed by atoms with Gasteiger partial charge in [-0.3, -0.25) is 4.57 Å². The summed E-state index contributed by atoms with van der Waals surface area (Å²) in [6.45, 7) is 4.76. The van der Waals surface area contributed by atoms with Gasteiger partial charge in [0.2, 0.25) is 0 Å². The summed E-state index contributed by atoms with van der Waals surface area (Å²) in [5.41, 5.74) is 13.2. The summed E-state index contributed by atoms with van der Waals surface area (Å²) in [5.74, 6) is 1.78. The minimum atomic E-state index is -0.00742. The fourth-order valence-electron chi connectivity index (χ4n) is 9.00. The average Bonchev–Trinajstić information content (AvgIpc) is 3.88. The van der Waals surface area contributed by atoms with E-state index in [1.165, 1.54) is 11.1 Å². The molecule has 5 heteroatoms. The van der Waals surface area contributed by atoms with Crippen LogP contribution in [0.4, 0.5) is 22.7 Å². The lowest BCUT2D eigenvalue weighted by molar-refractivity contribution is 0.483. The molecule has 2 aromatic heterocycles. The third-order valence-electron chi connectivity index (χ3n) is 11.9. The number of para-hydroxylation sites is 4. The first kappa shape index (κ1) is 34.9. The lowest BCUT2D eigenvalue weighted by Crippen LogP contribution is -2.24. The molecule has 0 N–H and O–H groups in total. The van der Waals surface area contributed by atoms with Gasteiger partial charge in [-0.15, -0.1) is 0 Å². The second-order valence-electron chi connectivity index (χ2n) is 16.0. The summed E-state index contributed by atoms with van der Waals surface area (Å²) in [4.78, 5) is 9.68. The van der Waals surface area contributed by atoms with Crippen molar-refractivity contribution in [3.8, 4) is 50.7 Å². The van der Waals surface area contributed by atoms with Crippen LogP contribution in [0.1, 0.15) is 28.1 Å². The van der Waals surface area contributed by atoms with E-state index in [-0.39, 0.29) is 12.1 Å². The smallest absolute Gasteiger partial charge is 0.137 e. The number of hydrogen-bond acceptors (Lipinski definition) is 4. The number of ether oxygens (including phenoxy) is 1. The predicted octanol–water partition coefficient (Wildman–Crippen LogP) is 15.3. The molecular weight excluding hydrogens is 757 g/mol. The second kappa shape index (κ2) is 15.6. The molecule has 0 saturated carbocycles. The van der Waals surface area contributed by atoms with Gasteiger partial charge in [0.25, 0.3) is 0 Å². The van der Waals surface area contributed by atoms with E-state index in [1.807, 2.05) is 71.3 Å². The molecule has 0 radical (unpaired) electrons. The molecular formula is C57H44N4O. The van der Waals surface area contributed by atoms with Crippen LogP contribution >= 0.6 is 0 Å². The molecule has 0 unspecified atom stereocenters. The third-order valence-corrected chi connectivity index (χ3v) is 11.9. The first-order valence-corrected chi connectivity index (χ1v) is 21.2. The van der Waals surface area contributed by atoms with Crippen molar-refractivity contribution in [3.63, 3.8) is 0 Å². The molecule has 0 fully saturated rings. The zero-order valence-electron chi connectivity index (χ0n) is 36.5. The summed E-state index contributed by atoms with van der Waals surface area (Å²) in [7, 11) is 0. The van der Waals surface area contributed by atoms with E-state index in [4.69, 9.17) is 9.72 Å². The maximum atomic E-state index is 9.65. The SMILES string of the molecule is [2H]c1nc(-n2c3ccccc3c3ccc(Oc4cccc(N5CN(c6c(-c7ccccc7)cccc6-c6ccccc6)c6ccccc65)c4)cc32)c([2H])c(C(C)C)c1-c1ccccc1. The van der Waals surface area contributed by atoms with E-state index in [9.17, 15) is 2.74 Å². The number of anilines is 4. The van der Waals surface area contributed by atoms with Crippen molar-refractivity contribution in [1.82, 2.24) is 9.55 Å². The Balaban J connectivity index is 0.985. The van der Waals surface area contributed by atoms with Gasteiger partial charge < -0.3 is 14.5 Å². The third kappa shape index (κ3) is 6.55. The first-order chi connectivity index (χ1) is 31.4. The zero-order chi connectivity index (χ0) is 43.3.